The molecule has 6 heteroatoms. The minimum Gasteiger partial charge on any atom is -0.438 e. The fraction of sp³-hybridized carbons (Fsp3) is 0.0556. The lowest BCUT2D eigenvalue weighted by molar-refractivity contribution is 0.0935. The predicted octanol–water partition coefficient (Wildman–Crippen LogP) is 3.12. The molecular weight excluding hydrogens is 304 g/mol. The fourth-order valence-electron chi connectivity index (χ4n) is 2.56. The topological polar surface area (TPSA) is 76.1 Å². The molecule has 2 aromatic carbocycles. The Bertz CT molecular complexity index is 866. The number of ether oxygens (including phenoxy) is 1. The lowest BCUT2D eigenvalue weighted by atomic mass is 10.1. The highest BCUT2D eigenvalue weighted by Gasteiger charge is 2.23. The zero-order chi connectivity index (χ0) is 16.4. The Hall–Kier alpha value is -3.41. The van der Waals surface area contributed by atoms with Crippen LogP contribution < -0.4 is 15.4 Å². The van der Waals surface area contributed by atoms with Crippen molar-refractivity contribution in [3.8, 4) is 11.6 Å². The maximum atomic E-state index is 12.2. The zero-order valence-electron chi connectivity index (χ0n) is 12.6. The third-order valence-corrected chi connectivity index (χ3v) is 3.72. The number of amides is 1. The van der Waals surface area contributed by atoms with Gasteiger partial charge in [0.25, 0.3) is 5.91 Å². The summed E-state index contributed by atoms with van der Waals surface area (Å²) in [4.78, 5) is 20.2. The van der Waals surface area contributed by atoms with Gasteiger partial charge in [0.15, 0.2) is 0 Å². The normalized spacial score (nSPS) is 15.8. The van der Waals surface area contributed by atoms with E-state index < -0.39 is 0 Å². The van der Waals surface area contributed by atoms with E-state index in [0.29, 0.717) is 17.2 Å². The largest absolute Gasteiger partial charge is 0.438 e. The van der Waals surface area contributed by atoms with Crippen molar-refractivity contribution in [3.05, 3.63) is 78.2 Å². The summed E-state index contributed by atoms with van der Waals surface area (Å²) in [6.45, 7) is 0. The van der Waals surface area contributed by atoms with Crippen molar-refractivity contribution >= 4 is 11.6 Å². The number of anilines is 1. The average Bonchev–Trinajstić information content (AvgIpc) is 2.63. The molecule has 1 aromatic heterocycles. The second-order valence-electron chi connectivity index (χ2n) is 5.31. The Morgan fingerprint density at radius 3 is 2.58 bits per heavy atom. The molecule has 0 fully saturated rings. The minimum absolute atomic E-state index is 0.0887. The number of aromatic nitrogens is 2. The van der Waals surface area contributed by atoms with E-state index >= 15 is 0 Å². The average molecular weight is 318 g/mol. The lowest BCUT2D eigenvalue weighted by Crippen LogP contribution is -2.38. The maximum absolute atomic E-state index is 12.2. The quantitative estimate of drug-likeness (QED) is 0.776. The first-order valence-corrected chi connectivity index (χ1v) is 7.50. The molecule has 1 aliphatic heterocycles. The summed E-state index contributed by atoms with van der Waals surface area (Å²) in [6.07, 6.45) is 4.43. The Kier molecular flexibility index (Phi) is 3.55. The van der Waals surface area contributed by atoms with Gasteiger partial charge in [-0.15, -0.1) is 0 Å². The van der Waals surface area contributed by atoms with E-state index in [1.165, 1.54) is 0 Å². The second-order valence-corrected chi connectivity index (χ2v) is 5.31. The summed E-state index contributed by atoms with van der Waals surface area (Å²) in [5, 5.41) is 6.26. The van der Waals surface area contributed by atoms with Gasteiger partial charge in [-0.25, -0.2) is 4.98 Å². The van der Waals surface area contributed by atoms with Crippen LogP contribution in [0.25, 0.3) is 0 Å². The van der Waals surface area contributed by atoms with Crippen molar-refractivity contribution in [2.45, 2.75) is 6.17 Å². The monoisotopic (exact) mass is 318 g/mol. The van der Waals surface area contributed by atoms with Gasteiger partial charge in [0.2, 0.25) is 5.88 Å². The first-order valence-electron chi connectivity index (χ1n) is 7.50. The molecule has 0 unspecified atom stereocenters. The highest BCUT2D eigenvalue weighted by molar-refractivity contribution is 6.01. The van der Waals surface area contributed by atoms with Crippen LogP contribution in [0.4, 0.5) is 5.69 Å². The summed E-state index contributed by atoms with van der Waals surface area (Å²) in [7, 11) is 0. The number of benzene rings is 2. The van der Waals surface area contributed by atoms with Crippen molar-refractivity contribution in [2.24, 2.45) is 0 Å². The molecule has 6 nitrogen and oxygen atoms in total. The van der Waals surface area contributed by atoms with Gasteiger partial charge >= 0.3 is 0 Å². The first-order chi connectivity index (χ1) is 11.8. The molecule has 1 atom stereocenters. The molecule has 1 aliphatic rings. The van der Waals surface area contributed by atoms with Crippen molar-refractivity contribution < 1.29 is 9.53 Å². The standard InChI is InChI=1S/C18H14N4O2/c23-18-14-3-1-2-4-15(14)21-17(22-18)12-5-7-13(8-6-12)24-16-11-19-9-10-20-16/h1-11,17,21H,(H,22,23)/t17-/m1/s1. The van der Waals surface area contributed by atoms with Gasteiger partial charge in [-0.3, -0.25) is 9.78 Å². The molecule has 118 valence electrons. The smallest absolute Gasteiger partial charge is 0.255 e. The van der Waals surface area contributed by atoms with Crippen molar-refractivity contribution in [3.63, 3.8) is 0 Å². The number of para-hydroxylation sites is 1. The molecule has 0 spiro atoms. The third-order valence-electron chi connectivity index (χ3n) is 3.72. The first kappa shape index (κ1) is 14.2. The maximum Gasteiger partial charge on any atom is 0.255 e. The number of hydrogen-bond acceptors (Lipinski definition) is 5. The zero-order valence-corrected chi connectivity index (χ0v) is 12.6. The predicted molar refractivity (Wildman–Crippen MR) is 88.8 cm³/mol. The van der Waals surface area contributed by atoms with Crippen LogP contribution in [0.1, 0.15) is 22.1 Å². The van der Waals surface area contributed by atoms with Crippen LogP contribution in [-0.4, -0.2) is 15.9 Å². The van der Waals surface area contributed by atoms with Crippen LogP contribution in [0, 0.1) is 0 Å². The summed E-state index contributed by atoms with van der Waals surface area (Å²) >= 11 is 0. The number of nitrogens with zero attached hydrogens (tertiary/aromatic N) is 2. The number of hydrogen-bond donors (Lipinski definition) is 2. The van der Waals surface area contributed by atoms with Crippen LogP contribution in [0.3, 0.4) is 0 Å². The van der Waals surface area contributed by atoms with Crippen molar-refractivity contribution in [1.82, 2.24) is 15.3 Å². The highest BCUT2D eigenvalue weighted by Crippen LogP contribution is 2.27. The van der Waals surface area contributed by atoms with Crippen LogP contribution >= 0.6 is 0 Å². The fourth-order valence-corrected chi connectivity index (χ4v) is 2.56. The van der Waals surface area contributed by atoms with Gasteiger partial charge in [0, 0.05) is 18.1 Å². The van der Waals surface area contributed by atoms with E-state index in [1.54, 1.807) is 24.7 Å². The van der Waals surface area contributed by atoms with E-state index in [4.69, 9.17) is 4.74 Å². The van der Waals surface area contributed by atoms with E-state index in [-0.39, 0.29) is 12.1 Å². The molecule has 1 amide bonds. The Morgan fingerprint density at radius 2 is 1.79 bits per heavy atom. The van der Waals surface area contributed by atoms with Crippen molar-refractivity contribution in [1.29, 1.82) is 0 Å². The SMILES string of the molecule is O=C1N[C@H](c2ccc(Oc3cnccn3)cc2)Nc2ccccc21. The molecule has 2 heterocycles. The molecule has 2 N–H and O–H groups in total. The lowest BCUT2D eigenvalue weighted by Gasteiger charge is -2.28. The van der Waals surface area contributed by atoms with Gasteiger partial charge < -0.3 is 15.4 Å². The summed E-state index contributed by atoms with van der Waals surface area (Å²) in [6, 6.07) is 14.9. The number of carbonyl (C=O) groups excluding carboxylic acids is 1. The van der Waals surface area contributed by atoms with E-state index in [2.05, 4.69) is 20.6 Å². The Balaban J connectivity index is 1.53. The summed E-state index contributed by atoms with van der Waals surface area (Å²) in [5.41, 5.74) is 2.41. The van der Waals surface area contributed by atoms with Crippen LogP contribution in [0.5, 0.6) is 11.6 Å². The van der Waals surface area contributed by atoms with Crippen LogP contribution in [-0.2, 0) is 0 Å². The van der Waals surface area contributed by atoms with E-state index in [9.17, 15) is 4.79 Å². The van der Waals surface area contributed by atoms with Gasteiger partial charge in [-0.05, 0) is 29.8 Å². The Labute approximate surface area is 138 Å². The third kappa shape index (κ3) is 2.77. The Morgan fingerprint density at radius 1 is 0.958 bits per heavy atom. The molecule has 0 bridgehead atoms. The second kappa shape index (κ2) is 6.00. The van der Waals surface area contributed by atoms with E-state index in [0.717, 1.165) is 11.3 Å². The molecule has 0 saturated heterocycles. The minimum atomic E-state index is -0.280. The molecular formula is C18H14N4O2. The van der Waals surface area contributed by atoms with Gasteiger partial charge in [-0.1, -0.05) is 24.3 Å². The van der Waals surface area contributed by atoms with E-state index in [1.807, 2.05) is 42.5 Å². The number of carbonyl (C=O) groups is 1. The molecule has 0 saturated carbocycles. The molecule has 0 aliphatic carbocycles. The van der Waals surface area contributed by atoms with Gasteiger partial charge in [0.1, 0.15) is 11.9 Å². The van der Waals surface area contributed by atoms with Gasteiger partial charge in [-0.2, -0.15) is 0 Å². The summed E-state index contributed by atoms with van der Waals surface area (Å²) < 4.78 is 5.62. The van der Waals surface area contributed by atoms with Crippen molar-refractivity contribution in [2.75, 3.05) is 5.32 Å². The van der Waals surface area contributed by atoms with Crippen LogP contribution in [0.2, 0.25) is 0 Å². The summed E-state index contributed by atoms with van der Waals surface area (Å²) in [5.74, 6) is 0.999. The molecule has 24 heavy (non-hydrogen) atoms. The van der Waals surface area contributed by atoms with Crippen LogP contribution in [0.15, 0.2) is 67.1 Å². The molecule has 4 rings (SSSR count). The number of nitrogens with one attached hydrogen (secondary N) is 2. The molecule has 0 radical (unpaired) electrons. The number of rotatable bonds is 3. The molecule has 3 aromatic rings. The number of fused-ring (bicyclic) bond motifs is 1. The highest BCUT2D eigenvalue weighted by atomic mass is 16.5. The van der Waals surface area contributed by atoms with Gasteiger partial charge in [0.05, 0.1) is 11.8 Å².